The van der Waals surface area contributed by atoms with E-state index >= 15 is 0 Å². The van der Waals surface area contributed by atoms with Crippen LogP contribution in [0.1, 0.15) is 40.5 Å². The Morgan fingerprint density at radius 2 is 1.67 bits per heavy atom. The maximum absolute atomic E-state index is 11.2. The van der Waals surface area contributed by atoms with E-state index in [-0.39, 0.29) is 23.9 Å². The van der Waals surface area contributed by atoms with Gasteiger partial charge in [-0.25, -0.2) is 0 Å². The van der Waals surface area contributed by atoms with Gasteiger partial charge in [0.2, 0.25) is 0 Å². The Balaban J connectivity index is 3.80. The summed E-state index contributed by atoms with van der Waals surface area (Å²) in [5.41, 5.74) is 0. The van der Waals surface area contributed by atoms with E-state index in [1.54, 1.807) is 27.7 Å². The second-order valence-corrected chi connectivity index (χ2v) is 4.22. The highest BCUT2D eigenvalue weighted by atomic mass is 16.5. The lowest BCUT2D eigenvalue weighted by Gasteiger charge is -2.15. The SMILES string of the molecule is CC(CCC(C)C(=O)O)OC(=O)C(C)C. The Kier molecular flexibility index (Phi) is 5.97. The average Bonchev–Trinajstić information content (AvgIpc) is 2.13. The van der Waals surface area contributed by atoms with Gasteiger partial charge in [-0.1, -0.05) is 20.8 Å². The smallest absolute Gasteiger partial charge is 0.308 e. The van der Waals surface area contributed by atoms with Crippen LogP contribution in [0.2, 0.25) is 0 Å². The summed E-state index contributed by atoms with van der Waals surface area (Å²) in [6.45, 7) is 6.98. The van der Waals surface area contributed by atoms with Crippen LogP contribution in [-0.2, 0) is 14.3 Å². The Morgan fingerprint density at radius 3 is 2.07 bits per heavy atom. The lowest BCUT2D eigenvalue weighted by Crippen LogP contribution is -2.20. The van der Waals surface area contributed by atoms with Crippen molar-refractivity contribution >= 4 is 11.9 Å². The van der Waals surface area contributed by atoms with Crippen molar-refractivity contribution in [2.24, 2.45) is 11.8 Å². The monoisotopic (exact) mass is 216 g/mol. The van der Waals surface area contributed by atoms with Gasteiger partial charge in [-0.2, -0.15) is 0 Å². The fourth-order valence-electron chi connectivity index (χ4n) is 1.00. The topological polar surface area (TPSA) is 63.6 Å². The maximum atomic E-state index is 11.2. The van der Waals surface area contributed by atoms with Crippen LogP contribution in [0.5, 0.6) is 0 Å². The van der Waals surface area contributed by atoms with E-state index in [1.165, 1.54) is 0 Å². The first-order valence-corrected chi connectivity index (χ1v) is 5.27. The van der Waals surface area contributed by atoms with Gasteiger partial charge in [0.15, 0.2) is 0 Å². The lowest BCUT2D eigenvalue weighted by atomic mass is 10.0. The van der Waals surface area contributed by atoms with Crippen LogP contribution in [0.15, 0.2) is 0 Å². The zero-order valence-electron chi connectivity index (χ0n) is 9.82. The number of carbonyl (C=O) groups is 2. The second kappa shape index (κ2) is 6.43. The number of aliphatic carboxylic acids is 1. The van der Waals surface area contributed by atoms with E-state index in [1.807, 2.05) is 0 Å². The van der Waals surface area contributed by atoms with Gasteiger partial charge < -0.3 is 9.84 Å². The number of carboxylic acid groups (broad SMARTS) is 1. The number of rotatable bonds is 6. The minimum absolute atomic E-state index is 0.135. The van der Waals surface area contributed by atoms with Gasteiger partial charge in [0.1, 0.15) is 0 Å². The Labute approximate surface area is 90.6 Å². The molecule has 0 aliphatic heterocycles. The number of carbonyl (C=O) groups excluding carboxylic acids is 1. The van der Waals surface area contributed by atoms with Gasteiger partial charge in [-0.05, 0) is 19.8 Å². The maximum Gasteiger partial charge on any atom is 0.308 e. The van der Waals surface area contributed by atoms with Crippen molar-refractivity contribution in [3.8, 4) is 0 Å². The van der Waals surface area contributed by atoms with Crippen molar-refractivity contribution in [2.45, 2.75) is 46.6 Å². The van der Waals surface area contributed by atoms with Gasteiger partial charge in [0.05, 0.1) is 17.9 Å². The number of ether oxygens (including phenoxy) is 1. The summed E-state index contributed by atoms with van der Waals surface area (Å²) in [5, 5.41) is 8.66. The lowest BCUT2D eigenvalue weighted by molar-refractivity contribution is -0.152. The summed E-state index contributed by atoms with van der Waals surface area (Å²) in [7, 11) is 0. The highest BCUT2D eigenvalue weighted by Crippen LogP contribution is 2.11. The molecule has 0 rings (SSSR count). The Hall–Kier alpha value is -1.06. The van der Waals surface area contributed by atoms with E-state index in [0.717, 1.165) is 0 Å². The second-order valence-electron chi connectivity index (χ2n) is 4.22. The number of hydrogen-bond acceptors (Lipinski definition) is 3. The van der Waals surface area contributed by atoms with Crippen molar-refractivity contribution in [2.75, 3.05) is 0 Å². The first kappa shape index (κ1) is 13.9. The fraction of sp³-hybridized carbons (Fsp3) is 0.818. The third-order valence-corrected chi connectivity index (χ3v) is 2.22. The summed E-state index contributed by atoms with van der Waals surface area (Å²) in [6.07, 6.45) is 0.912. The minimum Gasteiger partial charge on any atom is -0.481 e. The molecule has 0 amide bonds. The predicted molar refractivity (Wildman–Crippen MR) is 56.4 cm³/mol. The van der Waals surface area contributed by atoms with Crippen molar-refractivity contribution in [1.82, 2.24) is 0 Å². The van der Waals surface area contributed by atoms with Crippen LogP contribution in [0.4, 0.5) is 0 Å². The van der Waals surface area contributed by atoms with Crippen molar-refractivity contribution in [1.29, 1.82) is 0 Å². The zero-order chi connectivity index (χ0) is 12.0. The van der Waals surface area contributed by atoms with Crippen LogP contribution < -0.4 is 0 Å². The molecule has 2 atom stereocenters. The molecule has 0 saturated carbocycles. The highest BCUT2D eigenvalue weighted by molar-refractivity contribution is 5.71. The first-order valence-electron chi connectivity index (χ1n) is 5.27. The Morgan fingerprint density at radius 1 is 1.13 bits per heavy atom. The molecule has 0 bridgehead atoms. The van der Waals surface area contributed by atoms with Gasteiger partial charge >= 0.3 is 11.9 Å². The molecule has 4 heteroatoms. The number of hydrogen-bond donors (Lipinski definition) is 1. The third-order valence-electron chi connectivity index (χ3n) is 2.22. The van der Waals surface area contributed by atoms with E-state index in [9.17, 15) is 9.59 Å². The number of esters is 1. The van der Waals surface area contributed by atoms with Crippen molar-refractivity contribution in [3.05, 3.63) is 0 Å². The van der Waals surface area contributed by atoms with E-state index in [0.29, 0.717) is 12.8 Å². The van der Waals surface area contributed by atoms with Crippen molar-refractivity contribution < 1.29 is 19.4 Å². The quantitative estimate of drug-likeness (QED) is 0.690. The van der Waals surface area contributed by atoms with Crippen LogP contribution >= 0.6 is 0 Å². The standard InChI is InChI=1S/C11H20O4/c1-7(2)11(14)15-9(4)6-5-8(3)10(12)13/h7-9H,5-6H2,1-4H3,(H,12,13). The number of carboxylic acids is 1. The van der Waals surface area contributed by atoms with E-state index < -0.39 is 5.97 Å². The van der Waals surface area contributed by atoms with Gasteiger partial charge in [0.25, 0.3) is 0 Å². The molecule has 1 N–H and O–H groups in total. The predicted octanol–water partition coefficient (Wildman–Crippen LogP) is 2.08. The molecule has 0 heterocycles. The molecule has 0 radical (unpaired) electrons. The largest absolute Gasteiger partial charge is 0.481 e. The normalized spacial score (nSPS) is 14.7. The average molecular weight is 216 g/mol. The molecule has 15 heavy (non-hydrogen) atoms. The molecule has 88 valence electrons. The van der Waals surface area contributed by atoms with E-state index in [2.05, 4.69) is 0 Å². The molecule has 0 aromatic carbocycles. The molecule has 2 unspecified atom stereocenters. The van der Waals surface area contributed by atoms with Crippen LogP contribution in [-0.4, -0.2) is 23.1 Å². The van der Waals surface area contributed by atoms with Crippen LogP contribution in [0.25, 0.3) is 0 Å². The van der Waals surface area contributed by atoms with Gasteiger partial charge in [-0.3, -0.25) is 9.59 Å². The molecule has 0 aromatic heterocycles. The van der Waals surface area contributed by atoms with Crippen LogP contribution in [0.3, 0.4) is 0 Å². The van der Waals surface area contributed by atoms with Gasteiger partial charge in [-0.15, -0.1) is 0 Å². The van der Waals surface area contributed by atoms with E-state index in [4.69, 9.17) is 9.84 Å². The van der Waals surface area contributed by atoms with Crippen LogP contribution in [0, 0.1) is 11.8 Å². The van der Waals surface area contributed by atoms with Crippen molar-refractivity contribution in [3.63, 3.8) is 0 Å². The molecular formula is C11H20O4. The molecule has 0 fully saturated rings. The highest BCUT2D eigenvalue weighted by Gasteiger charge is 2.16. The molecule has 4 nitrogen and oxygen atoms in total. The molecule has 0 spiro atoms. The summed E-state index contributed by atoms with van der Waals surface area (Å²) < 4.78 is 5.11. The summed E-state index contributed by atoms with van der Waals surface area (Å²) >= 11 is 0. The summed E-state index contributed by atoms with van der Waals surface area (Å²) in [4.78, 5) is 21.7. The Bertz CT molecular complexity index is 223. The molecule has 0 aliphatic carbocycles. The van der Waals surface area contributed by atoms with Gasteiger partial charge in [0, 0.05) is 0 Å². The third kappa shape index (κ3) is 6.10. The molecule has 0 saturated heterocycles. The summed E-state index contributed by atoms with van der Waals surface area (Å²) in [6, 6.07) is 0. The minimum atomic E-state index is -0.808. The fourth-order valence-corrected chi connectivity index (χ4v) is 1.00. The zero-order valence-corrected chi connectivity index (χ0v) is 9.82. The summed E-state index contributed by atoms with van der Waals surface area (Å²) in [5.74, 6) is -1.56. The first-order chi connectivity index (χ1) is 6.84. The molecular weight excluding hydrogens is 196 g/mol. The molecule has 0 aromatic rings. The molecule has 0 aliphatic rings.